The van der Waals surface area contributed by atoms with E-state index in [1.165, 1.54) is 31.2 Å². The van der Waals surface area contributed by atoms with Gasteiger partial charge in [-0.15, -0.1) is 0 Å². The maximum Gasteiger partial charge on any atom is 0.167 e. The van der Waals surface area contributed by atoms with Gasteiger partial charge >= 0.3 is 0 Å². The summed E-state index contributed by atoms with van der Waals surface area (Å²) in [6, 6.07) is 7.50. The van der Waals surface area contributed by atoms with Crippen LogP contribution in [0.15, 0.2) is 30.3 Å². The van der Waals surface area contributed by atoms with Crippen LogP contribution in [0, 0.1) is 24.4 Å². The summed E-state index contributed by atoms with van der Waals surface area (Å²) in [7, 11) is 0. The van der Waals surface area contributed by atoms with Crippen molar-refractivity contribution in [1.29, 1.82) is 0 Å². The van der Waals surface area contributed by atoms with Crippen molar-refractivity contribution < 1.29 is 13.2 Å². The molecule has 0 atom stereocenters. The molecule has 0 spiro atoms. The molecule has 0 unspecified atom stereocenters. The van der Waals surface area contributed by atoms with E-state index in [1.807, 2.05) is 6.92 Å². The van der Waals surface area contributed by atoms with Crippen molar-refractivity contribution in [3.05, 3.63) is 58.9 Å². The molecule has 2 aromatic carbocycles. The lowest BCUT2D eigenvalue weighted by atomic mass is 9.99. The third kappa shape index (κ3) is 2.65. The Hall–Kier alpha value is -1.77. The smallest absolute Gasteiger partial charge is 0.167 e. The van der Waals surface area contributed by atoms with Gasteiger partial charge in [0.25, 0.3) is 0 Å². The van der Waals surface area contributed by atoms with Crippen LogP contribution in [0.3, 0.4) is 0 Å². The average Bonchev–Trinajstić information content (AvgIpc) is 2.38. The van der Waals surface area contributed by atoms with Gasteiger partial charge in [-0.2, -0.15) is 0 Å². The molecular formula is C16H15F3. The largest absolute Gasteiger partial charge is 0.206 e. The minimum absolute atomic E-state index is 0.0383. The molecule has 0 aromatic heterocycles. The lowest BCUT2D eigenvalue weighted by Gasteiger charge is -2.09. The lowest BCUT2D eigenvalue weighted by Crippen LogP contribution is -1.96. The van der Waals surface area contributed by atoms with Crippen LogP contribution in [0.25, 0.3) is 11.1 Å². The Morgan fingerprint density at radius 1 is 0.895 bits per heavy atom. The van der Waals surface area contributed by atoms with Crippen LogP contribution in [0.5, 0.6) is 0 Å². The Balaban J connectivity index is 2.51. The Morgan fingerprint density at radius 2 is 1.58 bits per heavy atom. The number of hydrogen-bond acceptors (Lipinski definition) is 0. The maximum atomic E-state index is 14.0. The fourth-order valence-electron chi connectivity index (χ4n) is 2.08. The third-order valence-electron chi connectivity index (χ3n) is 3.14. The van der Waals surface area contributed by atoms with Crippen LogP contribution in [0.1, 0.15) is 24.5 Å². The van der Waals surface area contributed by atoms with E-state index in [0.717, 1.165) is 18.4 Å². The van der Waals surface area contributed by atoms with Crippen molar-refractivity contribution in [1.82, 2.24) is 0 Å². The molecule has 2 aromatic rings. The van der Waals surface area contributed by atoms with Crippen LogP contribution in [0.4, 0.5) is 13.2 Å². The molecule has 0 fully saturated rings. The van der Waals surface area contributed by atoms with Gasteiger partial charge < -0.3 is 0 Å². The number of aryl methyl sites for hydroxylation is 2. The van der Waals surface area contributed by atoms with E-state index in [-0.39, 0.29) is 16.7 Å². The maximum absolute atomic E-state index is 14.0. The summed E-state index contributed by atoms with van der Waals surface area (Å²) < 4.78 is 41.3. The van der Waals surface area contributed by atoms with Crippen molar-refractivity contribution >= 4 is 0 Å². The van der Waals surface area contributed by atoms with Gasteiger partial charge in [-0.3, -0.25) is 0 Å². The first kappa shape index (κ1) is 13.7. The highest BCUT2D eigenvalue weighted by Gasteiger charge is 2.15. The van der Waals surface area contributed by atoms with Gasteiger partial charge in [0, 0.05) is 11.1 Å². The zero-order chi connectivity index (χ0) is 14.0. The van der Waals surface area contributed by atoms with Crippen molar-refractivity contribution in [2.24, 2.45) is 0 Å². The van der Waals surface area contributed by atoms with Gasteiger partial charge in [0.2, 0.25) is 0 Å². The van der Waals surface area contributed by atoms with Crippen molar-refractivity contribution in [3.63, 3.8) is 0 Å². The van der Waals surface area contributed by atoms with Gasteiger partial charge in [0.15, 0.2) is 11.6 Å². The SMILES string of the molecule is CCCc1ccc(-c2ccc(C)c(F)c2F)c(F)c1. The number of hydrogen-bond donors (Lipinski definition) is 0. The predicted molar refractivity (Wildman–Crippen MR) is 70.5 cm³/mol. The Bertz CT molecular complexity index is 603. The molecule has 0 saturated carbocycles. The summed E-state index contributed by atoms with van der Waals surface area (Å²) in [5.74, 6) is -2.44. The fourth-order valence-corrected chi connectivity index (χ4v) is 2.08. The fraction of sp³-hybridized carbons (Fsp3) is 0.250. The second-order valence-electron chi connectivity index (χ2n) is 4.62. The van der Waals surface area contributed by atoms with Gasteiger partial charge in [-0.1, -0.05) is 37.6 Å². The van der Waals surface area contributed by atoms with Gasteiger partial charge in [-0.05, 0) is 30.5 Å². The molecular weight excluding hydrogens is 249 g/mol. The molecule has 0 bridgehead atoms. The van der Waals surface area contributed by atoms with E-state index in [9.17, 15) is 13.2 Å². The van der Waals surface area contributed by atoms with Gasteiger partial charge in [0.1, 0.15) is 5.82 Å². The summed E-state index contributed by atoms with van der Waals surface area (Å²) in [4.78, 5) is 0. The molecule has 0 saturated heterocycles. The van der Waals surface area contributed by atoms with Crippen LogP contribution < -0.4 is 0 Å². The van der Waals surface area contributed by atoms with Crippen molar-refractivity contribution in [3.8, 4) is 11.1 Å². The first-order valence-electron chi connectivity index (χ1n) is 6.28. The third-order valence-corrected chi connectivity index (χ3v) is 3.14. The molecule has 19 heavy (non-hydrogen) atoms. The summed E-state index contributed by atoms with van der Waals surface area (Å²) in [6.07, 6.45) is 1.67. The zero-order valence-electron chi connectivity index (χ0n) is 10.9. The quantitative estimate of drug-likeness (QED) is 0.729. The van der Waals surface area contributed by atoms with E-state index in [2.05, 4.69) is 0 Å². The topological polar surface area (TPSA) is 0 Å². The summed E-state index contributed by atoms with van der Waals surface area (Å²) >= 11 is 0. The monoisotopic (exact) mass is 264 g/mol. The van der Waals surface area contributed by atoms with Crippen molar-refractivity contribution in [2.75, 3.05) is 0 Å². The molecule has 0 aliphatic rings. The molecule has 0 heterocycles. The molecule has 3 heteroatoms. The second kappa shape index (κ2) is 5.47. The normalized spacial score (nSPS) is 10.8. The Morgan fingerprint density at radius 3 is 2.21 bits per heavy atom. The van der Waals surface area contributed by atoms with Crippen LogP contribution in [0.2, 0.25) is 0 Å². The molecule has 0 N–H and O–H groups in total. The summed E-state index contributed by atoms with van der Waals surface area (Å²) in [5.41, 5.74) is 1.13. The standard InChI is InChI=1S/C16H15F3/c1-3-4-11-6-8-12(14(17)9-11)13-7-5-10(2)15(18)16(13)19/h5-9H,3-4H2,1-2H3. The van der Waals surface area contributed by atoms with E-state index in [1.54, 1.807) is 6.07 Å². The molecule has 0 amide bonds. The van der Waals surface area contributed by atoms with E-state index in [4.69, 9.17) is 0 Å². The molecule has 0 nitrogen and oxygen atoms in total. The number of rotatable bonds is 3. The van der Waals surface area contributed by atoms with Crippen LogP contribution in [-0.2, 0) is 6.42 Å². The van der Waals surface area contributed by atoms with Crippen LogP contribution in [-0.4, -0.2) is 0 Å². The van der Waals surface area contributed by atoms with Crippen LogP contribution >= 0.6 is 0 Å². The number of halogens is 3. The minimum atomic E-state index is -0.998. The highest BCUT2D eigenvalue weighted by atomic mass is 19.2. The van der Waals surface area contributed by atoms with E-state index in [0.29, 0.717) is 0 Å². The average molecular weight is 264 g/mol. The summed E-state index contributed by atoms with van der Waals surface area (Å²) in [5, 5.41) is 0. The van der Waals surface area contributed by atoms with Crippen molar-refractivity contribution in [2.45, 2.75) is 26.7 Å². The lowest BCUT2D eigenvalue weighted by molar-refractivity contribution is 0.504. The van der Waals surface area contributed by atoms with Gasteiger partial charge in [0.05, 0.1) is 0 Å². The van der Waals surface area contributed by atoms with E-state index >= 15 is 0 Å². The molecule has 100 valence electrons. The Labute approximate surface area is 110 Å². The first-order valence-corrected chi connectivity index (χ1v) is 6.28. The molecule has 0 aliphatic heterocycles. The molecule has 0 radical (unpaired) electrons. The highest BCUT2D eigenvalue weighted by Crippen LogP contribution is 2.29. The summed E-state index contributed by atoms with van der Waals surface area (Å²) in [6.45, 7) is 3.48. The zero-order valence-corrected chi connectivity index (χ0v) is 10.9. The number of benzene rings is 2. The van der Waals surface area contributed by atoms with Gasteiger partial charge in [-0.25, -0.2) is 13.2 Å². The predicted octanol–water partition coefficient (Wildman–Crippen LogP) is 5.03. The first-order chi connectivity index (χ1) is 9.04. The molecule has 0 aliphatic carbocycles. The second-order valence-corrected chi connectivity index (χ2v) is 4.62. The minimum Gasteiger partial charge on any atom is -0.206 e. The van der Waals surface area contributed by atoms with E-state index < -0.39 is 17.5 Å². The highest BCUT2D eigenvalue weighted by molar-refractivity contribution is 5.65. The molecule has 2 rings (SSSR count). The Kier molecular flexibility index (Phi) is 3.93.